The minimum atomic E-state index is -0.651. The molecule has 0 radical (unpaired) electrons. The van der Waals surface area contributed by atoms with Crippen LogP contribution >= 0.6 is 0 Å². The van der Waals surface area contributed by atoms with Gasteiger partial charge in [-0.2, -0.15) is 0 Å². The molecular weight excluding hydrogens is 368 g/mol. The number of para-hydroxylation sites is 1. The Bertz CT molecular complexity index is 944. The number of amides is 2. The van der Waals surface area contributed by atoms with Crippen molar-refractivity contribution < 1.29 is 19.1 Å². The van der Waals surface area contributed by atoms with Crippen LogP contribution in [-0.4, -0.2) is 35.1 Å². The predicted octanol–water partition coefficient (Wildman–Crippen LogP) is 3.99. The van der Waals surface area contributed by atoms with E-state index in [2.05, 4.69) is 5.43 Å². The van der Waals surface area contributed by atoms with Gasteiger partial charge in [-0.05, 0) is 58.9 Å². The maximum Gasteiger partial charge on any atom is 0.276 e. The zero-order valence-corrected chi connectivity index (χ0v) is 17.8. The standard InChI is InChI=1S/C23H28N2O4/c1-22(2,3)25(21(27)16-10-7-8-12-18(16)28-6)24-20(26)15-11-9-13-19-17(15)14-23(4,5)29-19/h7-13H,14H2,1-6H3,(H,24,26). The van der Waals surface area contributed by atoms with Gasteiger partial charge in [0.05, 0.1) is 18.2 Å². The van der Waals surface area contributed by atoms with E-state index < -0.39 is 5.54 Å². The van der Waals surface area contributed by atoms with Gasteiger partial charge in [0.15, 0.2) is 0 Å². The quantitative estimate of drug-likeness (QED) is 0.797. The molecule has 3 rings (SSSR count). The molecule has 1 aliphatic heterocycles. The summed E-state index contributed by atoms with van der Waals surface area (Å²) in [5, 5.41) is 1.35. The third-order valence-electron chi connectivity index (χ3n) is 4.79. The number of nitrogens with zero attached hydrogens (tertiary/aromatic N) is 1. The predicted molar refractivity (Wildman–Crippen MR) is 111 cm³/mol. The van der Waals surface area contributed by atoms with Crippen molar-refractivity contribution in [3.05, 3.63) is 59.2 Å². The number of hydrogen-bond donors (Lipinski definition) is 1. The minimum absolute atomic E-state index is 0.340. The largest absolute Gasteiger partial charge is 0.496 e. The van der Waals surface area contributed by atoms with E-state index >= 15 is 0 Å². The van der Waals surface area contributed by atoms with E-state index in [0.717, 1.165) is 5.56 Å². The van der Waals surface area contributed by atoms with E-state index in [-0.39, 0.29) is 17.4 Å². The van der Waals surface area contributed by atoms with Gasteiger partial charge < -0.3 is 9.47 Å². The lowest BCUT2D eigenvalue weighted by Gasteiger charge is -2.35. The summed E-state index contributed by atoms with van der Waals surface area (Å²) in [7, 11) is 1.52. The molecule has 0 aliphatic carbocycles. The van der Waals surface area contributed by atoms with Gasteiger partial charge in [-0.25, -0.2) is 5.01 Å². The maximum atomic E-state index is 13.3. The fraction of sp³-hybridized carbons (Fsp3) is 0.391. The van der Waals surface area contributed by atoms with Crippen molar-refractivity contribution in [2.45, 2.75) is 52.2 Å². The number of ether oxygens (including phenoxy) is 2. The monoisotopic (exact) mass is 396 g/mol. The van der Waals surface area contributed by atoms with Crippen LogP contribution in [-0.2, 0) is 6.42 Å². The molecule has 1 heterocycles. The van der Waals surface area contributed by atoms with E-state index in [9.17, 15) is 9.59 Å². The van der Waals surface area contributed by atoms with Crippen LogP contribution < -0.4 is 14.9 Å². The molecule has 6 nitrogen and oxygen atoms in total. The first-order valence-corrected chi connectivity index (χ1v) is 9.63. The molecule has 1 N–H and O–H groups in total. The molecule has 0 unspecified atom stereocenters. The highest BCUT2D eigenvalue weighted by Gasteiger charge is 2.35. The van der Waals surface area contributed by atoms with Gasteiger partial charge in [-0.3, -0.25) is 15.0 Å². The number of methoxy groups -OCH3 is 1. The van der Waals surface area contributed by atoms with Crippen molar-refractivity contribution in [3.63, 3.8) is 0 Å². The van der Waals surface area contributed by atoms with Crippen LogP contribution in [0.1, 0.15) is 60.9 Å². The molecule has 2 aromatic carbocycles. The SMILES string of the molecule is COc1ccccc1C(=O)N(NC(=O)c1cccc2c1CC(C)(C)O2)C(C)(C)C. The highest BCUT2D eigenvalue weighted by Crippen LogP contribution is 2.37. The number of hydrazine groups is 1. The van der Waals surface area contributed by atoms with Crippen LogP contribution in [0.2, 0.25) is 0 Å². The molecule has 0 saturated heterocycles. The zero-order chi connectivity index (χ0) is 21.4. The molecule has 0 fully saturated rings. The summed E-state index contributed by atoms with van der Waals surface area (Å²) in [6.07, 6.45) is 0.627. The first-order valence-electron chi connectivity index (χ1n) is 9.63. The summed E-state index contributed by atoms with van der Waals surface area (Å²) in [5.41, 5.74) is 3.54. The molecule has 1 aliphatic rings. The van der Waals surface area contributed by atoms with E-state index in [1.54, 1.807) is 36.4 Å². The van der Waals surface area contributed by atoms with Crippen molar-refractivity contribution in [2.75, 3.05) is 7.11 Å². The Morgan fingerprint density at radius 1 is 1.07 bits per heavy atom. The molecule has 6 heteroatoms. The van der Waals surface area contributed by atoms with E-state index in [4.69, 9.17) is 9.47 Å². The maximum absolute atomic E-state index is 13.3. The van der Waals surface area contributed by atoms with Gasteiger partial charge in [0, 0.05) is 17.5 Å². The fourth-order valence-corrected chi connectivity index (χ4v) is 3.44. The highest BCUT2D eigenvalue weighted by atomic mass is 16.5. The molecule has 0 atom stereocenters. The van der Waals surface area contributed by atoms with Gasteiger partial charge in [0.25, 0.3) is 11.8 Å². The van der Waals surface area contributed by atoms with Crippen molar-refractivity contribution in [3.8, 4) is 11.5 Å². The fourth-order valence-electron chi connectivity index (χ4n) is 3.44. The Morgan fingerprint density at radius 3 is 2.38 bits per heavy atom. The Kier molecular flexibility index (Phi) is 5.30. The van der Waals surface area contributed by atoms with Crippen molar-refractivity contribution in [1.29, 1.82) is 0 Å². The number of benzene rings is 2. The normalized spacial score (nSPS) is 14.6. The van der Waals surface area contributed by atoms with Gasteiger partial charge in [-0.15, -0.1) is 0 Å². The van der Waals surface area contributed by atoms with Crippen LogP contribution in [0.15, 0.2) is 42.5 Å². The summed E-state index contributed by atoms with van der Waals surface area (Å²) in [6.45, 7) is 9.56. The molecule has 2 amide bonds. The molecular formula is C23H28N2O4. The van der Waals surface area contributed by atoms with Gasteiger partial charge in [-0.1, -0.05) is 18.2 Å². The van der Waals surface area contributed by atoms with Crippen molar-refractivity contribution >= 4 is 11.8 Å². The van der Waals surface area contributed by atoms with Crippen LogP contribution in [0, 0.1) is 0 Å². The van der Waals surface area contributed by atoms with Crippen LogP contribution in [0.3, 0.4) is 0 Å². The van der Waals surface area contributed by atoms with E-state index in [1.807, 2.05) is 40.7 Å². The first kappa shape index (κ1) is 20.7. The minimum Gasteiger partial charge on any atom is -0.496 e. The topological polar surface area (TPSA) is 67.9 Å². The number of carbonyl (C=O) groups is 2. The molecule has 0 saturated carbocycles. The summed E-state index contributed by atoms with van der Waals surface area (Å²) < 4.78 is 11.3. The van der Waals surface area contributed by atoms with E-state index in [1.165, 1.54) is 12.1 Å². The summed E-state index contributed by atoms with van der Waals surface area (Å²) in [6, 6.07) is 12.4. The highest BCUT2D eigenvalue weighted by molar-refractivity contribution is 6.01. The smallest absolute Gasteiger partial charge is 0.276 e. The number of nitrogens with one attached hydrogen (secondary N) is 1. The average Bonchev–Trinajstić information content (AvgIpc) is 2.98. The molecule has 2 aromatic rings. The summed E-state index contributed by atoms with van der Waals surface area (Å²) in [4.78, 5) is 26.5. The Hall–Kier alpha value is -3.02. The van der Waals surface area contributed by atoms with Gasteiger partial charge in [0.2, 0.25) is 0 Å². The third kappa shape index (κ3) is 4.21. The number of hydrogen-bond acceptors (Lipinski definition) is 4. The van der Waals surface area contributed by atoms with E-state index in [0.29, 0.717) is 29.0 Å². The van der Waals surface area contributed by atoms with Crippen LogP contribution in [0.5, 0.6) is 11.5 Å². The Labute approximate surface area is 171 Å². The molecule has 154 valence electrons. The lowest BCUT2D eigenvalue weighted by molar-refractivity contribution is 0.0355. The second kappa shape index (κ2) is 7.43. The molecule has 0 spiro atoms. The Morgan fingerprint density at radius 2 is 1.72 bits per heavy atom. The number of rotatable bonds is 3. The van der Waals surface area contributed by atoms with Crippen molar-refractivity contribution in [1.82, 2.24) is 10.4 Å². The second-order valence-corrected chi connectivity index (χ2v) is 8.77. The molecule has 0 aromatic heterocycles. The molecule has 29 heavy (non-hydrogen) atoms. The number of fused-ring (bicyclic) bond motifs is 1. The number of carbonyl (C=O) groups excluding carboxylic acids is 2. The van der Waals surface area contributed by atoms with Gasteiger partial charge in [0.1, 0.15) is 17.1 Å². The van der Waals surface area contributed by atoms with Crippen molar-refractivity contribution in [2.24, 2.45) is 0 Å². The average molecular weight is 396 g/mol. The zero-order valence-electron chi connectivity index (χ0n) is 17.8. The molecule has 0 bridgehead atoms. The third-order valence-corrected chi connectivity index (χ3v) is 4.79. The summed E-state index contributed by atoms with van der Waals surface area (Å²) >= 11 is 0. The Balaban J connectivity index is 1.93. The second-order valence-electron chi connectivity index (χ2n) is 8.77. The van der Waals surface area contributed by atoms with Crippen LogP contribution in [0.4, 0.5) is 0 Å². The summed E-state index contributed by atoms with van der Waals surface area (Å²) in [5.74, 6) is 0.478. The van der Waals surface area contributed by atoms with Gasteiger partial charge >= 0.3 is 0 Å². The first-order chi connectivity index (χ1) is 13.5. The lowest BCUT2D eigenvalue weighted by Crippen LogP contribution is -2.56. The lowest BCUT2D eigenvalue weighted by atomic mass is 9.97. The van der Waals surface area contributed by atoms with Crippen LogP contribution in [0.25, 0.3) is 0 Å².